The molecule has 0 unspecified atom stereocenters. The molecule has 174 valence electrons. The van der Waals surface area contributed by atoms with Gasteiger partial charge in [0.2, 0.25) is 0 Å². The third-order valence-electron chi connectivity index (χ3n) is 5.51. The zero-order valence-corrected chi connectivity index (χ0v) is 21.9. The highest BCUT2D eigenvalue weighted by molar-refractivity contribution is 5.84. The number of hydrogen-bond donors (Lipinski definition) is 0. The van der Waals surface area contributed by atoms with Crippen LogP contribution in [0.15, 0.2) is 66.7 Å². The molecule has 0 amide bonds. The van der Waals surface area contributed by atoms with Crippen molar-refractivity contribution in [3.8, 4) is 11.1 Å². The number of hydrogen-bond acceptors (Lipinski definition) is 2. The minimum atomic E-state index is 0.954. The van der Waals surface area contributed by atoms with Gasteiger partial charge in [-0.15, -0.1) is 0 Å². The molecule has 2 nitrogen and oxygen atoms in total. The van der Waals surface area contributed by atoms with E-state index in [1.165, 1.54) is 39.3 Å². The first-order chi connectivity index (χ1) is 15.7. The van der Waals surface area contributed by atoms with Gasteiger partial charge < -0.3 is 9.80 Å². The summed E-state index contributed by atoms with van der Waals surface area (Å²) >= 11 is 0. The third-order valence-corrected chi connectivity index (χ3v) is 5.51. The van der Waals surface area contributed by atoms with E-state index >= 15 is 0 Å². The highest BCUT2D eigenvalue weighted by atomic mass is 15.1. The van der Waals surface area contributed by atoms with E-state index in [9.17, 15) is 0 Å². The van der Waals surface area contributed by atoms with Gasteiger partial charge in [-0.1, -0.05) is 77.9 Å². The van der Waals surface area contributed by atoms with Crippen molar-refractivity contribution in [2.75, 3.05) is 29.9 Å². The quantitative estimate of drug-likeness (QED) is 0.310. The molecular formula is C30H44N2. The predicted molar refractivity (Wildman–Crippen MR) is 147 cm³/mol. The molecule has 0 fully saturated rings. The molecule has 0 N–H and O–H groups in total. The Kier molecular flexibility index (Phi) is 12.2. The molecule has 0 aliphatic heterocycles. The molecule has 0 bridgehead atoms. The van der Waals surface area contributed by atoms with Gasteiger partial charge >= 0.3 is 0 Å². The van der Waals surface area contributed by atoms with Crippen molar-refractivity contribution in [3.63, 3.8) is 0 Å². The topological polar surface area (TPSA) is 6.48 Å². The molecule has 0 saturated carbocycles. The maximum Gasteiger partial charge on any atom is 0.0452 e. The van der Waals surface area contributed by atoms with Crippen LogP contribution in [-0.4, -0.2) is 20.1 Å². The highest BCUT2D eigenvalue weighted by Crippen LogP contribution is 2.42. The lowest BCUT2D eigenvalue weighted by atomic mass is 10.0. The Hall–Kier alpha value is -2.74. The summed E-state index contributed by atoms with van der Waals surface area (Å²) < 4.78 is 0. The summed E-state index contributed by atoms with van der Waals surface area (Å²) in [6.45, 7) is 18.4. The maximum atomic E-state index is 2.43. The molecule has 1 aliphatic carbocycles. The minimum absolute atomic E-state index is 0.954. The largest absolute Gasteiger partial charge is 0.375 e. The van der Waals surface area contributed by atoms with Gasteiger partial charge in [0.05, 0.1) is 0 Å². The lowest BCUT2D eigenvalue weighted by Gasteiger charge is -2.27. The van der Waals surface area contributed by atoms with E-state index in [2.05, 4.69) is 97.4 Å². The molecule has 0 atom stereocenters. The maximum absolute atomic E-state index is 2.43. The molecule has 3 aromatic carbocycles. The van der Waals surface area contributed by atoms with Gasteiger partial charge in [0.15, 0.2) is 0 Å². The molecule has 0 heterocycles. The van der Waals surface area contributed by atoms with Crippen LogP contribution in [0.1, 0.15) is 66.5 Å². The van der Waals surface area contributed by atoms with E-state index < -0.39 is 0 Å². The van der Waals surface area contributed by atoms with Gasteiger partial charge in [0, 0.05) is 43.6 Å². The Labute approximate surface area is 197 Å². The molecule has 0 spiro atoms. The van der Waals surface area contributed by atoms with Crippen LogP contribution in [0.3, 0.4) is 0 Å². The minimum Gasteiger partial charge on any atom is -0.375 e. The van der Waals surface area contributed by atoms with Crippen LogP contribution in [0, 0.1) is 0 Å². The number of nitrogens with zero attached hydrogens (tertiary/aromatic N) is 2. The molecule has 4 rings (SSSR count). The second-order valence-corrected chi connectivity index (χ2v) is 6.91. The third kappa shape index (κ3) is 5.94. The predicted octanol–water partition coefficient (Wildman–Crippen LogP) is 8.95. The van der Waals surface area contributed by atoms with Crippen LogP contribution in [0.4, 0.5) is 17.1 Å². The monoisotopic (exact) mass is 432 g/mol. The smallest absolute Gasteiger partial charge is 0.0452 e. The average molecular weight is 433 g/mol. The average Bonchev–Trinajstić information content (AvgIpc) is 3.28. The summed E-state index contributed by atoms with van der Waals surface area (Å²) in [5.74, 6) is 0. The molecule has 2 heteroatoms. The normalized spacial score (nSPS) is 10.2. The van der Waals surface area contributed by atoms with Crippen molar-refractivity contribution in [3.05, 3.63) is 77.9 Å². The summed E-state index contributed by atoms with van der Waals surface area (Å²) in [4.78, 5) is 4.69. The Balaban J connectivity index is 0.000000789. The summed E-state index contributed by atoms with van der Waals surface area (Å²) in [7, 11) is 2.13. The first-order valence-corrected chi connectivity index (χ1v) is 12.5. The number of anilines is 3. The van der Waals surface area contributed by atoms with Crippen molar-refractivity contribution in [2.24, 2.45) is 0 Å². The van der Waals surface area contributed by atoms with Crippen LogP contribution in [-0.2, 0) is 6.42 Å². The Morgan fingerprint density at radius 3 is 1.78 bits per heavy atom. The number of benzene rings is 3. The molecule has 32 heavy (non-hydrogen) atoms. The van der Waals surface area contributed by atoms with Crippen LogP contribution in [0.25, 0.3) is 11.1 Å². The molecule has 0 radical (unpaired) electrons. The fourth-order valence-corrected chi connectivity index (χ4v) is 3.95. The van der Waals surface area contributed by atoms with Crippen LogP contribution in [0.5, 0.6) is 0 Å². The Morgan fingerprint density at radius 2 is 1.19 bits per heavy atom. The zero-order valence-electron chi connectivity index (χ0n) is 21.9. The van der Waals surface area contributed by atoms with Crippen molar-refractivity contribution in [2.45, 2.75) is 61.8 Å². The Bertz CT molecular complexity index is 912. The van der Waals surface area contributed by atoms with Gasteiger partial charge in [-0.2, -0.15) is 0 Å². The molecule has 1 aliphatic rings. The summed E-state index contributed by atoms with van der Waals surface area (Å²) in [6.07, 6.45) is 1.02. The lowest BCUT2D eigenvalue weighted by Crippen LogP contribution is -2.18. The lowest BCUT2D eigenvalue weighted by molar-refractivity contribution is 0.965. The van der Waals surface area contributed by atoms with Crippen molar-refractivity contribution < 1.29 is 0 Å². The molecule has 0 aromatic heterocycles. The first-order valence-electron chi connectivity index (χ1n) is 12.5. The van der Waals surface area contributed by atoms with Crippen LogP contribution in [0.2, 0.25) is 0 Å². The van der Waals surface area contributed by atoms with E-state index in [1.807, 2.05) is 41.5 Å². The van der Waals surface area contributed by atoms with Gasteiger partial charge in [-0.05, 0) is 66.4 Å². The van der Waals surface area contributed by atoms with E-state index in [0.717, 1.165) is 19.5 Å². The highest BCUT2D eigenvalue weighted by Gasteiger charge is 2.23. The van der Waals surface area contributed by atoms with Crippen molar-refractivity contribution >= 4 is 17.1 Å². The van der Waals surface area contributed by atoms with Gasteiger partial charge in [0.25, 0.3) is 0 Å². The fourth-order valence-electron chi connectivity index (χ4n) is 3.95. The van der Waals surface area contributed by atoms with Crippen molar-refractivity contribution in [1.82, 2.24) is 0 Å². The van der Waals surface area contributed by atoms with E-state index in [1.54, 1.807) is 0 Å². The second kappa shape index (κ2) is 14.3. The van der Waals surface area contributed by atoms with E-state index in [0.29, 0.717) is 0 Å². The number of fused-ring (bicyclic) bond motifs is 3. The molecular weight excluding hydrogens is 388 g/mol. The molecule has 0 saturated heterocycles. The number of rotatable bonds is 5. The van der Waals surface area contributed by atoms with Gasteiger partial charge in [-0.3, -0.25) is 0 Å². The Morgan fingerprint density at radius 1 is 0.625 bits per heavy atom. The van der Waals surface area contributed by atoms with E-state index in [4.69, 9.17) is 0 Å². The zero-order chi connectivity index (χ0) is 24.1. The van der Waals surface area contributed by atoms with Crippen LogP contribution >= 0.6 is 0 Å². The van der Waals surface area contributed by atoms with Crippen LogP contribution < -0.4 is 9.80 Å². The SMILES string of the molecule is CC.CC.CC.CCN(C)c1ccc(N(CC)c2cccc3c2Cc2ccccc2-3)cc1. The van der Waals surface area contributed by atoms with Gasteiger partial charge in [-0.25, -0.2) is 0 Å². The standard InChI is InChI=1S/C24H26N2.3C2H6/c1-4-25(3)19-13-15-20(16-14-19)26(5-2)24-12-8-11-22-21-10-7-6-9-18(21)17-23(22)24;3*1-2/h6-16H,4-5,17H2,1-3H3;3*1-2H3. The summed E-state index contributed by atoms with van der Waals surface area (Å²) in [6, 6.07) is 24.4. The van der Waals surface area contributed by atoms with Crippen molar-refractivity contribution in [1.29, 1.82) is 0 Å². The molecule has 3 aromatic rings. The summed E-state index contributed by atoms with van der Waals surface area (Å²) in [5, 5.41) is 0. The summed E-state index contributed by atoms with van der Waals surface area (Å²) in [5.41, 5.74) is 9.51. The van der Waals surface area contributed by atoms with E-state index in [-0.39, 0.29) is 0 Å². The fraction of sp³-hybridized carbons (Fsp3) is 0.400. The van der Waals surface area contributed by atoms with Gasteiger partial charge in [0.1, 0.15) is 0 Å². The first kappa shape index (κ1) is 27.3. The second-order valence-electron chi connectivity index (χ2n) is 6.91.